The van der Waals surface area contributed by atoms with E-state index >= 15 is 0 Å². The summed E-state index contributed by atoms with van der Waals surface area (Å²) in [6.45, 7) is 11.1. The lowest BCUT2D eigenvalue weighted by molar-refractivity contribution is 0.0531. The molecule has 2 rings (SSSR count). The molecule has 8 heteroatoms. The molecule has 6 nitrogen and oxygen atoms in total. The Kier molecular flexibility index (Phi) is 10.0. The number of thiazole rings is 1. The molecule has 0 aliphatic heterocycles. The van der Waals surface area contributed by atoms with Gasteiger partial charge >= 0.3 is 5.97 Å². The molecule has 1 aromatic carbocycles. The summed E-state index contributed by atoms with van der Waals surface area (Å²) in [6.07, 6.45) is 0. The first-order chi connectivity index (χ1) is 13.3. The highest BCUT2D eigenvalue weighted by Crippen LogP contribution is 2.25. The highest BCUT2D eigenvalue weighted by atomic mass is 127. The first kappa shape index (κ1) is 25.4. The Bertz CT molecular complexity index is 821. The first-order valence-corrected chi connectivity index (χ1v) is 10.3. The Morgan fingerprint density at radius 3 is 2.55 bits per heavy atom. The number of esters is 1. The Morgan fingerprint density at radius 1 is 1.31 bits per heavy atom. The SMILES string of the molecule is CCOC(=O)c1sc(C(C)NC(=NC)NCC(C)(C)c2ccccc2)nc1C.I. The van der Waals surface area contributed by atoms with Gasteiger partial charge in [-0.1, -0.05) is 44.2 Å². The molecule has 0 aliphatic rings. The number of carbonyl (C=O) groups is 1. The average molecular weight is 530 g/mol. The van der Waals surface area contributed by atoms with E-state index < -0.39 is 0 Å². The van der Waals surface area contributed by atoms with Crippen LogP contribution in [0, 0.1) is 6.92 Å². The van der Waals surface area contributed by atoms with Gasteiger partial charge in [0.2, 0.25) is 0 Å². The molecule has 160 valence electrons. The molecule has 0 bridgehead atoms. The van der Waals surface area contributed by atoms with Gasteiger partial charge in [-0.15, -0.1) is 35.3 Å². The molecule has 1 aromatic heterocycles. The van der Waals surface area contributed by atoms with E-state index in [0.717, 1.165) is 11.6 Å². The molecular formula is C21H31IN4O2S. The third kappa shape index (κ3) is 6.95. The van der Waals surface area contributed by atoms with E-state index in [9.17, 15) is 4.79 Å². The van der Waals surface area contributed by atoms with Gasteiger partial charge in [-0.05, 0) is 26.3 Å². The van der Waals surface area contributed by atoms with E-state index in [1.54, 1.807) is 14.0 Å². The van der Waals surface area contributed by atoms with Crippen molar-refractivity contribution >= 4 is 47.2 Å². The minimum absolute atomic E-state index is 0. The number of aryl methyl sites for hydroxylation is 1. The number of nitrogens with one attached hydrogen (secondary N) is 2. The number of guanidine groups is 1. The van der Waals surface area contributed by atoms with E-state index in [1.165, 1.54) is 16.9 Å². The average Bonchev–Trinajstić information content (AvgIpc) is 3.08. The van der Waals surface area contributed by atoms with Crippen LogP contribution in [-0.4, -0.2) is 37.1 Å². The van der Waals surface area contributed by atoms with Crippen LogP contribution in [0.2, 0.25) is 0 Å². The van der Waals surface area contributed by atoms with Gasteiger partial charge in [-0.25, -0.2) is 9.78 Å². The smallest absolute Gasteiger partial charge is 0.350 e. The van der Waals surface area contributed by atoms with E-state index in [-0.39, 0.29) is 41.4 Å². The van der Waals surface area contributed by atoms with Gasteiger partial charge in [0.1, 0.15) is 9.88 Å². The summed E-state index contributed by atoms with van der Waals surface area (Å²) < 4.78 is 5.10. The first-order valence-electron chi connectivity index (χ1n) is 9.45. The van der Waals surface area contributed by atoms with Crippen molar-refractivity contribution in [3.8, 4) is 0 Å². The van der Waals surface area contributed by atoms with Crippen molar-refractivity contribution in [2.75, 3.05) is 20.2 Å². The normalized spacial score (nSPS) is 12.7. The number of benzene rings is 1. The second-order valence-electron chi connectivity index (χ2n) is 7.23. The molecule has 0 aliphatic carbocycles. The fourth-order valence-corrected chi connectivity index (χ4v) is 3.71. The molecule has 0 spiro atoms. The van der Waals surface area contributed by atoms with Crippen LogP contribution in [0.1, 0.15) is 59.7 Å². The number of halogens is 1. The number of ether oxygens (including phenoxy) is 1. The molecule has 0 saturated carbocycles. The van der Waals surface area contributed by atoms with Crippen LogP contribution in [-0.2, 0) is 10.2 Å². The van der Waals surface area contributed by atoms with E-state index in [2.05, 4.69) is 58.7 Å². The van der Waals surface area contributed by atoms with Gasteiger partial charge in [0, 0.05) is 19.0 Å². The fourth-order valence-electron chi connectivity index (χ4n) is 2.75. The van der Waals surface area contributed by atoms with Crippen LogP contribution >= 0.6 is 35.3 Å². The summed E-state index contributed by atoms with van der Waals surface area (Å²) in [4.78, 5) is 21.4. The van der Waals surface area contributed by atoms with Gasteiger partial charge in [0.05, 0.1) is 18.3 Å². The summed E-state index contributed by atoms with van der Waals surface area (Å²) in [7, 11) is 1.74. The molecule has 0 fully saturated rings. The van der Waals surface area contributed by atoms with Crippen LogP contribution in [0.3, 0.4) is 0 Å². The maximum atomic E-state index is 12.0. The van der Waals surface area contributed by atoms with E-state index in [1.807, 2.05) is 19.9 Å². The summed E-state index contributed by atoms with van der Waals surface area (Å²) >= 11 is 1.36. The van der Waals surface area contributed by atoms with Crippen molar-refractivity contribution in [2.24, 2.45) is 4.99 Å². The lowest BCUT2D eigenvalue weighted by atomic mass is 9.85. The number of hydrogen-bond donors (Lipinski definition) is 2. The van der Waals surface area contributed by atoms with Crippen LogP contribution in [0.25, 0.3) is 0 Å². The molecule has 1 atom stereocenters. The molecule has 0 radical (unpaired) electrons. The lowest BCUT2D eigenvalue weighted by Gasteiger charge is -2.27. The van der Waals surface area contributed by atoms with Crippen LogP contribution < -0.4 is 10.6 Å². The number of aromatic nitrogens is 1. The Balaban J connectivity index is 0.00000420. The lowest BCUT2D eigenvalue weighted by Crippen LogP contribution is -2.44. The molecule has 2 aromatic rings. The predicted octanol–water partition coefficient (Wildman–Crippen LogP) is 4.45. The standard InChI is InChI=1S/C21H30N4O2S.HI/c1-7-27-19(26)17-14(2)24-18(28-17)15(3)25-20(22-6)23-13-21(4,5)16-11-9-8-10-12-16;/h8-12,15H,7,13H2,1-6H3,(H2,22,23,25);1H. The topological polar surface area (TPSA) is 75.6 Å². The zero-order valence-corrected chi connectivity index (χ0v) is 21.1. The van der Waals surface area contributed by atoms with Crippen molar-refractivity contribution in [3.05, 3.63) is 51.5 Å². The Hall–Kier alpha value is -1.68. The molecule has 29 heavy (non-hydrogen) atoms. The molecule has 0 saturated heterocycles. The van der Waals surface area contributed by atoms with Gasteiger partial charge in [-0.2, -0.15) is 0 Å². The molecule has 2 N–H and O–H groups in total. The summed E-state index contributed by atoms with van der Waals surface area (Å²) in [6, 6.07) is 10.3. The second kappa shape index (κ2) is 11.5. The highest BCUT2D eigenvalue weighted by Gasteiger charge is 2.22. The van der Waals surface area contributed by atoms with Gasteiger partial charge in [-0.3, -0.25) is 4.99 Å². The number of hydrogen-bond acceptors (Lipinski definition) is 5. The van der Waals surface area contributed by atoms with Crippen LogP contribution in [0.15, 0.2) is 35.3 Å². The third-order valence-corrected chi connectivity index (χ3v) is 5.79. The van der Waals surface area contributed by atoms with Gasteiger partial charge in [0.15, 0.2) is 5.96 Å². The molecule has 0 amide bonds. The van der Waals surface area contributed by atoms with E-state index in [4.69, 9.17) is 4.74 Å². The Morgan fingerprint density at radius 2 is 1.97 bits per heavy atom. The minimum Gasteiger partial charge on any atom is -0.462 e. The second-order valence-corrected chi connectivity index (χ2v) is 8.26. The van der Waals surface area contributed by atoms with Crippen molar-refractivity contribution in [3.63, 3.8) is 0 Å². The maximum Gasteiger partial charge on any atom is 0.350 e. The van der Waals surface area contributed by atoms with Gasteiger partial charge in [0.25, 0.3) is 0 Å². The zero-order valence-electron chi connectivity index (χ0n) is 17.9. The van der Waals surface area contributed by atoms with Gasteiger partial charge < -0.3 is 15.4 Å². The summed E-state index contributed by atoms with van der Waals surface area (Å²) in [5.74, 6) is 0.380. The number of rotatable bonds is 7. The summed E-state index contributed by atoms with van der Waals surface area (Å²) in [5, 5.41) is 7.58. The van der Waals surface area contributed by atoms with Crippen LogP contribution in [0.4, 0.5) is 0 Å². The number of nitrogens with zero attached hydrogens (tertiary/aromatic N) is 2. The van der Waals surface area contributed by atoms with Crippen LogP contribution in [0.5, 0.6) is 0 Å². The zero-order chi connectivity index (χ0) is 20.7. The molecular weight excluding hydrogens is 499 g/mol. The minimum atomic E-state index is -0.317. The van der Waals surface area contributed by atoms with Crippen molar-refractivity contribution in [1.82, 2.24) is 15.6 Å². The fraction of sp³-hybridized carbons (Fsp3) is 0.476. The highest BCUT2D eigenvalue weighted by molar-refractivity contribution is 14.0. The number of carbonyl (C=O) groups excluding carboxylic acids is 1. The van der Waals surface area contributed by atoms with Crippen molar-refractivity contribution in [2.45, 2.75) is 46.1 Å². The largest absolute Gasteiger partial charge is 0.462 e. The predicted molar refractivity (Wildman–Crippen MR) is 131 cm³/mol. The monoisotopic (exact) mass is 530 g/mol. The van der Waals surface area contributed by atoms with E-state index in [0.29, 0.717) is 23.1 Å². The summed E-state index contributed by atoms with van der Waals surface area (Å²) in [5.41, 5.74) is 1.91. The quantitative estimate of drug-likeness (QED) is 0.240. The number of aliphatic imine (C=N–C) groups is 1. The van der Waals surface area contributed by atoms with Crippen molar-refractivity contribution in [1.29, 1.82) is 0 Å². The third-order valence-electron chi connectivity index (χ3n) is 4.47. The Labute approximate surface area is 194 Å². The molecule has 1 heterocycles. The maximum absolute atomic E-state index is 12.0. The van der Waals surface area contributed by atoms with Crippen molar-refractivity contribution < 1.29 is 9.53 Å². The molecule has 1 unspecified atom stereocenters.